The molecule has 3 heterocycles. The summed E-state index contributed by atoms with van der Waals surface area (Å²) < 4.78 is 2.23. The maximum atomic E-state index is 13.5. The molecule has 148 valence electrons. The molecule has 6 rings (SSSR count). The monoisotopic (exact) mass is 396 g/mol. The number of hydrogen-bond acceptors (Lipinski definition) is 3. The average Bonchev–Trinajstić information content (AvgIpc) is 3.38. The number of carbonyl (C=O) groups is 2. The highest BCUT2D eigenvalue weighted by molar-refractivity contribution is 6.39. The van der Waals surface area contributed by atoms with Gasteiger partial charge in [0.05, 0.1) is 22.2 Å². The van der Waals surface area contributed by atoms with Crippen molar-refractivity contribution in [1.29, 1.82) is 0 Å². The van der Waals surface area contributed by atoms with E-state index in [4.69, 9.17) is 5.73 Å². The van der Waals surface area contributed by atoms with E-state index in [9.17, 15) is 9.59 Å². The maximum absolute atomic E-state index is 13.5. The Morgan fingerprint density at radius 2 is 1.57 bits per heavy atom. The predicted molar refractivity (Wildman–Crippen MR) is 119 cm³/mol. The van der Waals surface area contributed by atoms with Gasteiger partial charge in [0.2, 0.25) is 0 Å². The number of fused-ring (bicyclic) bond motifs is 10. The number of para-hydroxylation sites is 2. The standard InChI is InChI=1S/C24H20N4O2/c1-2-27-16-10-6-4-8-14(16)18-20-19(23(29)28(12-11-25)24(20)30)17-13-7-3-5-9-15(13)26-21(17)22(18)27/h3-10,26H,2,11-12,25H2,1H3. The molecule has 0 radical (unpaired) electrons. The topological polar surface area (TPSA) is 84.1 Å². The van der Waals surface area contributed by atoms with Crippen LogP contribution in [0.3, 0.4) is 0 Å². The molecule has 0 spiro atoms. The van der Waals surface area contributed by atoms with E-state index in [1.54, 1.807) is 0 Å². The number of hydrogen-bond donors (Lipinski definition) is 2. The largest absolute Gasteiger partial charge is 0.353 e. The molecule has 3 aromatic carbocycles. The van der Waals surface area contributed by atoms with E-state index in [-0.39, 0.29) is 24.9 Å². The second-order valence-electron chi connectivity index (χ2n) is 7.71. The number of rotatable bonds is 3. The van der Waals surface area contributed by atoms with Crippen LogP contribution in [-0.4, -0.2) is 39.4 Å². The zero-order valence-electron chi connectivity index (χ0n) is 16.5. The lowest BCUT2D eigenvalue weighted by molar-refractivity contribution is 0.0660. The van der Waals surface area contributed by atoms with Crippen molar-refractivity contribution in [3.63, 3.8) is 0 Å². The van der Waals surface area contributed by atoms with Crippen molar-refractivity contribution in [2.24, 2.45) is 5.73 Å². The Labute approximate surface area is 171 Å². The Bertz CT molecular complexity index is 1540. The SMILES string of the molecule is CCn1c2ccccc2c2c3c(c4c5ccccc5[nH]c4c21)C(=O)N(CCN)C3=O. The number of aromatic nitrogens is 2. The number of nitrogens with zero attached hydrogens (tertiary/aromatic N) is 2. The molecule has 0 bridgehead atoms. The van der Waals surface area contributed by atoms with Crippen molar-refractivity contribution in [2.75, 3.05) is 13.1 Å². The van der Waals surface area contributed by atoms with E-state index in [0.717, 1.165) is 50.2 Å². The molecule has 0 saturated heterocycles. The third-order valence-corrected chi connectivity index (χ3v) is 6.25. The number of benzene rings is 3. The fraction of sp³-hybridized carbons (Fsp3) is 0.167. The van der Waals surface area contributed by atoms with Crippen molar-refractivity contribution in [3.05, 3.63) is 59.7 Å². The van der Waals surface area contributed by atoms with Crippen LogP contribution in [0.2, 0.25) is 0 Å². The minimum atomic E-state index is -0.259. The Morgan fingerprint density at radius 3 is 2.30 bits per heavy atom. The van der Waals surface area contributed by atoms with Crippen LogP contribution in [0.25, 0.3) is 43.6 Å². The summed E-state index contributed by atoms with van der Waals surface area (Å²) in [6.45, 7) is 3.30. The van der Waals surface area contributed by atoms with Crippen molar-refractivity contribution in [1.82, 2.24) is 14.5 Å². The lowest BCUT2D eigenvalue weighted by Crippen LogP contribution is -2.34. The Balaban J connectivity index is 1.95. The van der Waals surface area contributed by atoms with Crippen molar-refractivity contribution < 1.29 is 9.59 Å². The van der Waals surface area contributed by atoms with E-state index in [0.29, 0.717) is 11.1 Å². The smallest absolute Gasteiger partial charge is 0.262 e. The van der Waals surface area contributed by atoms with Gasteiger partial charge in [-0.2, -0.15) is 0 Å². The van der Waals surface area contributed by atoms with Crippen LogP contribution in [0, 0.1) is 0 Å². The van der Waals surface area contributed by atoms with Gasteiger partial charge in [-0.25, -0.2) is 0 Å². The molecule has 0 fully saturated rings. The molecule has 2 amide bonds. The van der Waals surface area contributed by atoms with E-state index in [1.807, 2.05) is 42.5 Å². The van der Waals surface area contributed by atoms with Gasteiger partial charge >= 0.3 is 0 Å². The predicted octanol–water partition coefficient (Wildman–Crippen LogP) is 4.00. The molecule has 1 aliphatic rings. The molecule has 1 aliphatic heterocycles. The molecule has 3 N–H and O–H groups in total. The number of amides is 2. The lowest BCUT2D eigenvalue weighted by atomic mass is 9.97. The molecule has 6 heteroatoms. The molecule has 0 atom stereocenters. The molecule has 0 saturated carbocycles. The third kappa shape index (κ3) is 1.91. The van der Waals surface area contributed by atoms with Gasteiger partial charge in [-0.05, 0) is 19.1 Å². The second-order valence-corrected chi connectivity index (χ2v) is 7.71. The first kappa shape index (κ1) is 17.2. The van der Waals surface area contributed by atoms with Crippen LogP contribution in [0.1, 0.15) is 27.6 Å². The van der Waals surface area contributed by atoms with E-state index < -0.39 is 0 Å². The number of aromatic amines is 1. The molecular formula is C24H20N4O2. The Morgan fingerprint density at radius 1 is 0.900 bits per heavy atom. The van der Waals surface area contributed by atoms with Gasteiger partial charge in [0, 0.05) is 52.2 Å². The van der Waals surface area contributed by atoms with Gasteiger partial charge in [-0.15, -0.1) is 0 Å². The number of carbonyl (C=O) groups excluding carboxylic acids is 2. The summed E-state index contributed by atoms with van der Waals surface area (Å²) >= 11 is 0. The van der Waals surface area contributed by atoms with Gasteiger partial charge < -0.3 is 15.3 Å². The number of aryl methyl sites for hydroxylation is 1. The minimum absolute atomic E-state index is 0.212. The zero-order valence-corrected chi connectivity index (χ0v) is 16.5. The number of nitrogens with two attached hydrogens (primary N) is 1. The highest BCUT2D eigenvalue weighted by atomic mass is 16.2. The van der Waals surface area contributed by atoms with Crippen LogP contribution in [0.5, 0.6) is 0 Å². The first-order valence-electron chi connectivity index (χ1n) is 10.2. The number of H-pyrrole nitrogens is 1. The van der Waals surface area contributed by atoms with Crippen molar-refractivity contribution in [3.8, 4) is 0 Å². The number of imide groups is 1. The first-order chi connectivity index (χ1) is 14.7. The van der Waals surface area contributed by atoms with Gasteiger partial charge in [0.1, 0.15) is 0 Å². The molecule has 0 unspecified atom stereocenters. The molecule has 5 aromatic rings. The zero-order chi connectivity index (χ0) is 20.6. The highest BCUT2D eigenvalue weighted by Crippen LogP contribution is 2.44. The summed E-state index contributed by atoms with van der Waals surface area (Å²) in [5.74, 6) is -0.512. The summed E-state index contributed by atoms with van der Waals surface area (Å²) in [7, 11) is 0. The molecule has 0 aliphatic carbocycles. The normalized spacial score (nSPS) is 14.1. The second kappa shape index (κ2) is 5.93. The maximum Gasteiger partial charge on any atom is 0.262 e. The summed E-state index contributed by atoms with van der Waals surface area (Å²) in [5.41, 5.74) is 10.6. The lowest BCUT2D eigenvalue weighted by Gasteiger charge is -2.11. The molecule has 30 heavy (non-hydrogen) atoms. The quantitative estimate of drug-likeness (QED) is 0.452. The van der Waals surface area contributed by atoms with Crippen LogP contribution < -0.4 is 5.73 Å². The summed E-state index contributed by atoms with van der Waals surface area (Å²) in [6.07, 6.45) is 0. The summed E-state index contributed by atoms with van der Waals surface area (Å²) in [6, 6.07) is 16.0. The van der Waals surface area contributed by atoms with E-state index in [1.165, 1.54) is 4.90 Å². The fourth-order valence-corrected chi connectivity index (χ4v) is 5.10. The molecule has 2 aromatic heterocycles. The van der Waals surface area contributed by atoms with Gasteiger partial charge in [0.25, 0.3) is 11.8 Å². The van der Waals surface area contributed by atoms with Crippen LogP contribution in [0.15, 0.2) is 48.5 Å². The third-order valence-electron chi connectivity index (χ3n) is 6.25. The number of nitrogens with one attached hydrogen (secondary N) is 1. The van der Waals surface area contributed by atoms with Gasteiger partial charge in [0.15, 0.2) is 0 Å². The van der Waals surface area contributed by atoms with Gasteiger partial charge in [-0.1, -0.05) is 36.4 Å². The van der Waals surface area contributed by atoms with E-state index >= 15 is 0 Å². The summed E-state index contributed by atoms with van der Waals surface area (Å²) in [5, 5.41) is 3.61. The van der Waals surface area contributed by atoms with Crippen LogP contribution >= 0.6 is 0 Å². The Hall–Kier alpha value is -3.64. The van der Waals surface area contributed by atoms with E-state index in [2.05, 4.69) is 22.5 Å². The van der Waals surface area contributed by atoms with Crippen molar-refractivity contribution >= 4 is 55.4 Å². The molecular weight excluding hydrogens is 376 g/mol. The van der Waals surface area contributed by atoms with Crippen LogP contribution in [-0.2, 0) is 6.54 Å². The summed E-state index contributed by atoms with van der Waals surface area (Å²) in [4.78, 5) is 31.8. The fourth-order valence-electron chi connectivity index (χ4n) is 5.10. The van der Waals surface area contributed by atoms with Crippen molar-refractivity contribution in [2.45, 2.75) is 13.5 Å². The average molecular weight is 396 g/mol. The highest BCUT2D eigenvalue weighted by Gasteiger charge is 2.40. The molecule has 6 nitrogen and oxygen atoms in total. The first-order valence-corrected chi connectivity index (χ1v) is 10.2. The van der Waals surface area contributed by atoms with Gasteiger partial charge in [-0.3, -0.25) is 14.5 Å². The Kier molecular flexibility index (Phi) is 3.41. The minimum Gasteiger partial charge on any atom is -0.353 e. The van der Waals surface area contributed by atoms with Crippen LogP contribution in [0.4, 0.5) is 0 Å².